The lowest BCUT2D eigenvalue weighted by Crippen LogP contribution is -2.40. The van der Waals surface area contributed by atoms with Crippen LogP contribution < -0.4 is 11.1 Å². The molecule has 0 aromatic heterocycles. The zero-order valence-corrected chi connectivity index (χ0v) is 12.7. The van der Waals surface area contributed by atoms with E-state index in [0.29, 0.717) is 23.8 Å². The lowest BCUT2D eigenvalue weighted by Gasteiger charge is -2.22. The maximum absolute atomic E-state index is 12.1. The van der Waals surface area contributed by atoms with Gasteiger partial charge in [-0.05, 0) is 60.1 Å². The summed E-state index contributed by atoms with van der Waals surface area (Å²) in [5.41, 5.74) is 6.98. The molecule has 0 saturated carbocycles. The third kappa shape index (κ3) is 3.48. The van der Waals surface area contributed by atoms with Crippen molar-refractivity contribution >= 4 is 27.5 Å². The highest BCUT2D eigenvalue weighted by Gasteiger charge is 2.23. The van der Waals surface area contributed by atoms with Crippen LogP contribution >= 0.6 is 15.9 Å². The van der Waals surface area contributed by atoms with Gasteiger partial charge in [0.25, 0.3) is 5.91 Å². The lowest BCUT2D eigenvalue weighted by atomic mass is 10.1. The molecule has 1 atom stereocenters. The van der Waals surface area contributed by atoms with Crippen molar-refractivity contribution in [3.05, 3.63) is 28.2 Å². The fourth-order valence-corrected chi connectivity index (χ4v) is 2.79. The molecule has 0 aliphatic carbocycles. The van der Waals surface area contributed by atoms with Crippen molar-refractivity contribution < 1.29 is 4.79 Å². The summed E-state index contributed by atoms with van der Waals surface area (Å²) in [5.74, 6) is -0.0536. The first-order valence-electron chi connectivity index (χ1n) is 6.69. The standard InChI is InChI=1S/C14H20BrN3O/c1-2-18-7-3-4-11(18)9-17-14(19)10-5-6-12(15)13(16)8-10/h5-6,8,11H,2-4,7,9,16H2,1H3,(H,17,19). The number of carbonyl (C=O) groups excluding carboxylic acids is 1. The summed E-state index contributed by atoms with van der Waals surface area (Å²) in [6.45, 7) is 5.06. The van der Waals surface area contributed by atoms with Gasteiger partial charge in [0.05, 0.1) is 0 Å². The largest absolute Gasteiger partial charge is 0.398 e. The molecule has 1 saturated heterocycles. The second kappa shape index (κ2) is 6.39. The van der Waals surface area contributed by atoms with E-state index in [2.05, 4.69) is 33.1 Å². The average molecular weight is 326 g/mol. The van der Waals surface area contributed by atoms with Crippen molar-refractivity contribution in [2.24, 2.45) is 0 Å². The minimum Gasteiger partial charge on any atom is -0.398 e. The van der Waals surface area contributed by atoms with Crippen molar-refractivity contribution in [1.82, 2.24) is 10.2 Å². The van der Waals surface area contributed by atoms with E-state index in [0.717, 1.165) is 24.0 Å². The molecular formula is C14H20BrN3O. The molecule has 5 heteroatoms. The Balaban J connectivity index is 1.92. The van der Waals surface area contributed by atoms with Gasteiger partial charge in [-0.2, -0.15) is 0 Å². The Morgan fingerprint density at radius 1 is 1.58 bits per heavy atom. The normalized spacial score (nSPS) is 19.6. The van der Waals surface area contributed by atoms with E-state index in [1.165, 1.54) is 6.42 Å². The SMILES string of the molecule is CCN1CCCC1CNC(=O)c1ccc(Br)c(N)c1. The molecule has 1 aromatic carbocycles. The number of nitrogen functional groups attached to an aromatic ring is 1. The topological polar surface area (TPSA) is 58.4 Å². The summed E-state index contributed by atoms with van der Waals surface area (Å²) in [5, 5.41) is 3.00. The monoisotopic (exact) mass is 325 g/mol. The summed E-state index contributed by atoms with van der Waals surface area (Å²) in [7, 11) is 0. The highest BCUT2D eigenvalue weighted by atomic mass is 79.9. The molecule has 0 bridgehead atoms. The fraction of sp³-hybridized carbons (Fsp3) is 0.500. The minimum atomic E-state index is -0.0536. The van der Waals surface area contributed by atoms with E-state index < -0.39 is 0 Å². The maximum atomic E-state index is 12.1. The quantitative estimate of drug-likeness (QED) is 0.835. The number of hydrogen-bond acceptors (Lipinski definition) is 3. The Labute approximate surface area is 122 Å². The summed E-state index contributed by atoms with van der Waals surface area (Å²) >= 11 is 3.33. The molecule has 0 spiro atoms. The second-order valence-electron chi connectivity index (χ2n) is 4.87. The number of halogens is 1. The van der Waals surface area contributed by atoms with Crippen molar-refractivity contribution in [3.8, 4) is 0 Å². The van der Waals surface area contributed by atoms with Crippen LogP contribution in [0.25, 0.3) is 0 Å². The average Bonchev–Trinajstić information content (AvgIpc) is 2.86. The van der Waals surface area contributed by atoms with E-state index in [1.807, 2.05) is 0 Å². The molecular weight excluding hydrogens is 306 g/mol. The molecule has 1 unspecified atom stereocenters. The number of hydrogen-bond donors (Lipinski definition) is 2. The van der Waals surface area contributed by atoms with Crippen LogP contribution in [0.15, 0.2) is 22.7 Å². The number of benzene rings is 1. The molecule has 1 aliphatic heterocycles. The number of likely N-dealkylation sites (tertiary alicyclic amines) is 1. The van der Waals surface area contributed by atoms with Gasteiger partial charge < -0.3 is 11.1 Å². The van der Waals surface area contributed by atoms with Crippen LogP contribution in [-0.2, 0) is 0 Å². The smallest absolute Gasteiger partial charge is 0.251 e. The second-order valence-corrected chi connectivity index (χ2v) is 5.73. The molecule has 19 heavy (non-hydrogen) atoms. The summed E-state index contributed by atoms with van der Waals surface area (Å²) in [4.78, 5) is 14.5. The van der Waals surface area contributed by atoms with Crippen molar-refractivity contribution in [2.75, 3.05) is 25.4 Å². The van der Waals surface area contributed by atoms with Crippen LogP contribution in [0.2, 0.25) is 0 Å². The van der Waals surface area contributed by atoms with Gasteiger partial charge in [0.2, 0.25) is 0 Å². The molecule has 0 radical (unpaired) electrons. The number of nitrogens with zero attached hydrogens (tertiary/aromatic N) is 1. The number of likely N-dealkylation sites (N-methyl/N-ethyl adjacent to an activating group) is 1. The van der Waals surface area contributed by atoms with Crippen molar-refractivity contribution in [2.45, 2.75) is 25.8 Å². The van der Waals surface area contributed by atoms with Gasteiger partial charge in [-0.1, -0.05) is 6.92 Å². The third-order valence-electron chi connectivity index (χ3n) is 3.66. The fourth-order valence-electron chi connectivity index (χ4n) is 2.54. The Morgan fingerprint density at radius 2 is 2.37 bits per heavy atom. The third-order valence-corrected chi connectivity index (χ3v) is 4.38. The van der Waals surface area contributed by atoms with Gasteiger partial charge in [-0.3, -0.25) is 9.69 Å². The molecule has 4 nitrogen and oxygen atoms in total. The van der Waals surface area contributed by atoms with E-state index >= 15 is 0 Å². The van der Waals surface area contributed by atoms with Gasteiger partial charge in [0.15, 0.2) is 0 Å². The first kappa shape index (κ1) is 14.3. The van der Waals surface area contributed by atoms with Crippen LogP contribution in [-0.4, -0.2) is 36.5 Å². The number of nitrogens with one attached hydrogen (secondary N) is 1. The number of carbonyl (C=O) groups is 1. The van der Waals surface area contributed by atoms with Crippen LogP contribution in [0.4, 0.5) is 5.69 Å². The van der Waals surface area contributed by atoms with E-state index in [9.17, 15) is 4.79 Å². The zero-order valence-electron chi connectivity index (χ0n) is 11.2. The number of amides is 1. The molecule has 3 N–H and O–H groups in total. The van der Waals surface area contributed by atoms with Gasteiger partial charge >= 0.3 is 0 Å². The van der Waals surface area contributed by atoms with Crippen LogP contribution in [0.5, 0.6) is 0 Å². The van der Waals surface area contributed by atoms with Gasteiger partial charge in [-0.15, -0.1) is 0 Å². The highest BCUT2D eigenvalue weighted by Crippen LogP contribution is 2.20. The maximum Gasteiger partial charge on any atom is 0.251 e. The van der Waals surface area contributed by atoms with E-state index in [-0.39, 0.29) is 5.91 Å². The highest BCUT2D eigenvalue weighted by molar-refractivity contribution is 9.10. The minimum absolute atomic E-state index is 0.0536. The summed E-state index contributed by atoms with van der Waals surface area (Å²) < 4.78 is 0.817. The molecule has 1 heterocycles. The summed E-state index contributed by atoms with van der Waals surface area (Å²) in [6, 6.07) is 5.76. The first-order valence-corrected chi connectivity index (χ1v) is 7.48. The predicted molar refractivity (Wildman–Crippen MR) is 81.2 cm³/mol. The van der Waals surface area contributed by atoms with Crippen LogP contribution in [0.1, 0.15) is 30.1 Å². The zero-order chi connectivity index (χ0) is 13.8. The van der Waals surface area contributed by atoms with Crippen LogP contribution in [0, 0.1) is 0 Å². The van der Waals surface area contributed by atoms with E-state index in [1.54, 1.807) is 18.2 Å². The number of nitrogens with two attached hydrogens (primary N) is 1. The molecule has 1 amide bonds. The molecule has 104 valence electrons. The number of anilines is 1. The Bertz CT molecular complexity index is 464. The molecule has 1 fully saturated rings. The van der Waals surface area contributed by atoms with Crippen molar-refractivity contribution in [1.29, 1.82) is 0 Å². The molecule has 2 rings (SSSR count). The lowest BCUT2D eigenvalue weighted by molar-refractivity contribution is 0.0941. The van der Waals surface area contributed by atoms with Gasteiger partial charge in [-0.25, -0.2) is 0 Å². The van der Waals surface area contributed by atoms with Gasteiger partial charge in [0, 0.05) is 28.3 Å². The van der Waals surface area contributed by atoms with Crippen LogP contribution in [0.3, 0.4) is 0 Å². The summed E-state index contributed by atoms with van der Waals surface area (Å²) in [6.07, 6.45) is 2.39. The Hall–Kier alpha value is -1.07. The van der Waals surface area contributed by atoms with E-state index in [4.69, 9.17) is 5.73 Å². The number of rotatable bonds is 4. The predicted octanol–water partition coefficient (Wildman–Crippen LogP) is 2.25. The first-order chi connectivity index (χ1) is 9.11. The molecule has 1 aromatic rings. The van der Waals surface area contributed by atoms with Gasteiger partial charge in [0.1, 0.15) is 0 Å². The Morgan fingerprint density at radius 3 is 3.05 bits per heavy atom. The van der Waals surface area contributed by atoms with Crippen molar-refractivity contribution in [3.63, 3.8) is 0 Å². The Kier molecular flexibility index (Phi) is 4.82. The molecule has 1 aliphatic rings.